The highest BCUT2D eigenvalue weighted by atomic mass is 16.5. The summed E-state index contributed by atoms with van der Waals surface area (Å²) in [6.45, 7) is 0. The number of benzene rings is 3. The fraction of sp³-hybridized carbons (Fsp3) is 0.0556. The third-order valence-corrected chi connectivity index (χ3v) is 3.52. The summed E-state index contributed by atoms with van der Waals surface area (Å²) in [5.41, 5.74) is 0.958. The SMILES string of the molecule is CN(O)C(=O)/C=C/c1cc2ccccc2c2ccccc12. The zero-order chi connectivity index (χ0) is 14.8. The zero-order valence-corrected chi connectivity index (χ0v) is 11.7. The molecular weight excluding hydrogens is 262 g/mol. The van der Waals surface area contributed by atoms with Gasteiger partial charge in [-0.05, 0) is 39.3 Å². The van der Waals surface area contributed by atoms with E-state index in [-0.39, 0.29) is 0 Å². The summed E-state index contributed by atoms with van der Waals surface area (Å²) in [5.74, 6) is -0.452. The quantitative estimate of drug-likeness (QED) is 0.334. The largest absolute Gasteiger partial charge is 0.286 e. The van der Waals surface area contributed by atoms with E-state index in [1.54, 1.807) is 6.08 Å². The van der Waals surface area contributed by atoms with Gasteiger partial charge in [-0.1, -0.05) is 48.5 Å². The Morgan fingerprint density at radius 3 is 2.33 bits per heavy atom. The molecule has 0 aliphatic carbocycles. The van der Waals surface area contributed by atoms with Crippen LogP contribution < -0.4 is 0 Å². The molecule has 0 fully saturated rings. The van der Waals surface area contributed by atoms with Gasteiger partial charge in [0, 0.05) is 13.1 Å². The van der Waals surface area contributed by atoms with Gasteiger partial charge in [0.25, 0.3) is 5.91 Å². The molecule has 0 aromatic heterocycles. The second kappa shape index (κ2) is 5.38. The molecule has 3 heteroatoms. The average Bonchev–Trinajstić information content (AvgIpc) is 2.52. The number of likely N-dealkylation sites (N-methyl/N-ethyl adjacent to an activating group) is 1. The van der Waals surface area contributed by atoms with Crippen LogP contribution >= 0.6 is 0 Å². The number of carbonyl (C=O) groups is 1. The van der Waals surface area contributed by atoms with Crippen LogP contribution in [0.4, 0.5) is 0 Å². The summed E-state index contributed by atoms with van der Waals surface area (Å²) < 4.78 is 0. The van der Waals surface area contributed by atoms with E-state index in [1.807, 2.05) is 30.3 Å². The van der Waals surface area contributed by atoms with Gasteiger partial charge in [0.05, 0.1) is 0 Å². The van der Waals surface area contributed by atoms with Gasteiger partial charge in [-0.25, -0.2) is 5.06 Å². The van der Waals surface area contributed by atoms with Crippen molar-refractivity contribution in [2.24, 2.45) is 0 Å². The summed E-state index contributed by atoms with van der Waals surface area (Å²) in [5, 5.41) is 14.2. The number of carbonyl (C=O) groups excluding carboxylic acids is 1. The van der Waals surface area contributed by atoms with Crippen LogP contribution in [-0.4, -0.2) is 23.2 Å². The summed E-state index contributed by atoms with van der Waals surface area (Å²) in [6.07, 6.45) is 3.11. The standard InChI is InChI=1S/C18H15NO2/c1-19(21)18(20)11-10-14-12-13-6-2-3-7-15(13)17-9-5-4-8-16(14)17/h2-12,21H,1H3/b11-10+. The Bertz CT molecular complexity index is 850. The molecule has 0 unspecified atom stereocenters. The summed E-state index contributed by atoms with van der Waals surface area (Å²) in [4.78, 5) is 11.5. The van der Waals surface area contributed by atoms with Crippen molar-refractivity contribution in [1.82, 2.24) is 5.06 Å². The van der Waals surface area contributed by atoms with Gasteiger partial charge in [0.2, 0.25) is 0 Å². The Morgan fingerprint density at radius 2 is 1.62 bits per heavy atom. The maximum atomic E-state index is 11.5. The third kappa shape index (κ3) is 2.51. The van der Waals surface area contributed by atoms with Crippen molar-refractivity contribution < 1.29 is 10.0 Å². The minimum Gasteiger partial charge on any atom is -0.286 e. The van der Waals surface area contributed by atoms with Gasteiger partial charge >= 0.3 is 0 Å². The van der Waals surface area contributed by atoms with Crippen molar-refractivity contribution in [2.75, 3.05) is 7.05 Å². The lowest BCUT2D eigenvalue weighted by molar-refractivity contribution is -0.153. The number of nitrogens with zero attached hydrogens (tertiary/aromatic N) is 1. The molecule has 3 aromatic carbocycles. The van der Waals surface area contributed by atoms with Crippen LogP contribution in [0.3, 0.4) is 0 Å². The van der Waals surface area contributed by atoms with Gasteiger partial charge in [-0.3, -0.25) is 10.0 Å². The number of rotatable bonds is 2. The first-order chi connectivity index (χ1) is 10.2. The maximum Gasteiger partial charge on any atom is 0.269 e. The average molecular weight is 277 g/mol. The zero-order valence-electron chi connectivity index (χ0n) is 11.7. The fourth-order valence-corrected chi connectivity index (χ4v) is 2.49. The van der Waals surface area contributed by atoms with Crippen molar-refractivity contribution >= 4 is 33.5 Å². The molecule has 3 aromatic rings. The Kier molecular flexibility index (Phi) is 3.42. The maximum absolute atomic E-state index is 11.5. The molecule has 21 heavy (non-hydrogen) atoms. The molecule has 0 atom stereocenters. The number of hydrogen-bond donors (Lipinski definition) is 1. The van der Waals surface area contributed by atoms with Crippen LogP contribution in [0.5, 0.6) is 0 Å². The van der Waals surface area contributed by atoms with Crippen LogP contribution in [0.25, 0.3) is 27.6 Å². The number of hydroxylamine groups is 2. The minimum absolute atomic E-state index is 0.452. The van der Waals surface area contributed by atoms with E-state index in [0.717, 1.165) is 21.7 Å². The Hall–Kier alpha value is -2.65. The van der Waals surface area contributed by atoms with Crippen LogP contribution in [0.15, 0.2) is 60.7 Å². The summed E-state index contributed by atoms with van der Waals surface area (Å²) in [7, 11) is 1.31. The first-order valence-corrected chi connectivity index (χ1v) is 6.72. The van der Waals surface area contributed by atoms with Crippen LogP contribution in [0.2, 0.25) is 0 Å². The number of amides is 1. The second-order valence-corrected chi connectivity index (χ2v) is 4.93. The Morgan fingerprint density at radius 1 is 1.00 bits per heavy atom. The van der Waals surface area contributed by atoms with Crippen molar-refractivity contribution in [3.63, 3.8) is 0 Å². The topological polar surface area (TPSA) is 40.5 Å². The first kappa shape index (κ1) is 13.3. The molecule has 3 nitrogen and oxygen atoms in total. The summed E-state index contributed by atoms with van der Waals surface area (Å²) >= 11 is 0. The first-order valence-electron chi connectivity index (χ1n) is 6.72. The lowest BCUT2D eigenvalue weighted by atomic mass is 9.97. The molecule has 0 saturated heterocycles. The molecule has 1 N–H and O–H groups in total. The highest BCUT2D eigenvalue weighted by molar-refractivity contribution is 6.11. The lowest BCUT2D eigenvalue weighted by Crippen LogP contribution is -2.19. The highest BCUT2D eigenvalue weighted by Gasteiger charge is 2.05. The molecule has 104 valence electrons. The van der Waals surface area contributed by atoms with Crippen LogP contribution in [0.1, 0.15) is 5.56 Å². The van der Waals surface area contributed by atoms with Gasteiger partial charge in [-0.2, -0.15) is 0 Å². The molecule has 3 rings (SSSR count). The van der Waals surface area contributed by atoms with E-state index in [1.165, 1.54) is 18.5 Å². The van der Waals surface area contributed by atoms with Gasteiger partial charge in [0.15, 0.2) is 0 Å². The smallest absolute Gasteiger partial charge is 0.269 e. The normalized spacial score (nSPS) is 11.3. The predicted octanol–water partition coefficient (Wildman–Crippen LogP) is 3.85. The number of hydrogen-bond acceptors (Lipinski definition) is 2. The van der Waals surface area contributed by atoms with Gasteiger partial charge in [-0.15, -0.1) is 0 Å². The van der Waals surface area contributed by atoms with E-state index in [9.17, 15) is 4.79 Å². The van der Waals surface area contributed by atoms with E-state index < -0.39 is 5.91 Å². The van der Waals surface area contributed by atoms with E-state index >= 15 is 0 Å². The third-order valence-electron chi connectivity index (χ3n) is 3.52. The second-order valence-electron chi connectivity index (χ2n) is 4.93. The lowest BCUT2D eigenvalue weighted by Gasteiger charge is -2.08. The molecule has 0 bridgehead atoms. The van der Waals surface area contributed by atoms with Gasteiger partial charge < -0.3 is 0 Å². The summed E-state index contributed by atoms with van der Waals surface area (Å²) in [6, 6.07) is 18.3. The van der Waals surface area contributed by atoms with Crippen molar-refractivity contribution in [2.45, 2.75) is 0 Å². The molecule has 0 saturated carbocycles. The van der Waals surface area contributed by atoms with Crippen LogP contribution in [-0.2, 0) is 4.79 Å². The monoisotopic (exact) mass is 277 g/mol. The molecule has 0 aliphatic heterocycles. The molecule has 0 spiro atoms. The van der Waals surface area contributed by atoms with E-state index in [0.29, 0.717) is 5.06 Å². The van der Waals surface area contributed by atoms with Crippen molar-refractivity contribution in [3.05, 3.63) is 66.2 Å². The molecule has 0 radical (unpaired) electrons. The predicted molar refractivity (Wildman–Crippen MR) is 85.0 cm³/mol. The van der Waals surface area contributed by atoms with Crippen molar-refractivity contribution in [3.8, 4) is 0 Å². The fourth-order valence-electron chi connectivity index (χ4n) is 2.49. The van der Waals surface area contributed by atoms with Crippen LogP contribution in [0, 0.1) is 0 Å². The van der Waals surface area contributed by atoms with E-state index in [4.69, 9.17) is 5.21 Å². The molecule has 1 amide bonds. The Labute approximate surface area is 122 Å². The van der Waals surface area contributed by atoms with Gasteiger partial charge in [0.1, 0.15) is 0 Å². The van der Waals surface area contributed by atoms with Crippen molar-refractivity contribution in [1.29, 1.82) is 0 Å². The minimum atomic E-state index is -0.452. The molecule has 0 heterocycles. The van der Waals surface area contributed by atoms with E-state index in [2.05, 4.69) is 24.3 Å². The molecular formula is C18H15NO2. The Balaban J connectivity index is 2.23. The molecule has 0 aliphatic rings. The number of fused-ring (bicyclic) bond motifs is 3. The highest BCUT2D eigenvalue weighted by Crippen LogP contribution is 2.29.